The first-order valence-corrected chi connectivity index (χ1v) is 8.12. The van der Waals surface area contributed by atoms with Gasteiger partial charge in [0.15, 0.2) is 0 Å². The molecule has 0 saturated carbocycles. The number of aliphatic hydroxyl groups is 1. The number of hydrogen-bond donors (Lipinski definition) is 2. The van der Waals surface area contributed by atoms with Crippen LogP contribution in [-0.2, 0) is 11.2 Å². The average Bonchev–Trinajstić information content (AvgIpc) is 2.84. The molecular formula is C17H24N2O3. The first-order chi connectivity index (χ1) is 10.7. The lowest BCUT2D eigenvalue weighted by atomic mass is 10.0. The van der Waals surface area contributed by atoms with Gasteiger partial charge in [0.25, 0.3) is 0 Å². The Balaban J connectivity index is 1.56. The van der Waals surface area contributed by atoms with Crippen molar-refractivity contribution in [2.45, 2.75) is 44.4 Å². The highest BCUT2D eigenvalue weighted by Gasteiger charge is 2.33. The number of likely N-dealkylation sites (tertiary alicyclic amines) is 1. The van der Waals surface area contributed by atoms with Gasteiger partial charge in [-0.3, -0.25) is 0 Å². The number of benzene rings is 1. The van der Waals surface area contributed by atoms with Gasteiger partial charge < -0.3 is 20.1 Å². The third kappa shape index (κ3) is 3.10. The van der Waals surface area contributed by atoms with Crippen molar-refractivity contribution < 1.29 is 14.6 Å². The first kappa shape index (κ1) is 15.3. The zero-order chi connectivity index (χ0) is 15.5. The van der Waals surface area contributed by atoms with Crippen LogP contribution in [-0.4, -0.2) is 47.9 Å². The van der Waals surface area contributed by atoms with Gasteiger partial charge in [0.1, 0.15) is 0 Å². The maximum absolute atomic E-state index is 11.7. The van der Waals surface area contributed by atoms with Gasteiger partial charge in [-0.15, -0.1) is 0 Å². The Morgan fingerprint density at radius 2 is 2.09 bits per heavy atom. The quantitative estimate of drug-likeness (QED) is 0.895. The van der Waals surface area contributed by atoms with E-state index in [2.05, 4.69) is 17.4 Å². The summed E-state index contributed by atoms with van der Waals surface area (Å²) in [7, 11) is 0. The van der Waals surface area contributed by atoms with Crippen molar-refractivity contribution in [3.05, 3.63) is 35.4 Å². The molecule has 5 heteroatoms. The molecular weight excluding hydrogens is 280 g/mol. The molecule has 1 saturated heterocycles. The Hall–Kier alpha value is -1.59. The van der Waals surface area contributed by atoms with Crippen molar-refractivity contribution in [3.63, 3.8) is 0 Å². The maximum Gasteiger partial charge on any atom is 0.409 e. The SMILES string of the molecule is CCOC(=O)N1CCC(NC2c3ccccc3CC2O)CC1. The Morgan fingerprint density at radius 1 is 1.36 bits per heavy atom. The van der Waals surface area contributed by atoms with Gasteiger partial charge in [-0.25, -0.2) is 4.79 Å². The average molecular weight is 304 g/mol. The Bertz CT molecular complexity index is 526. The number of amides is 1. The minimum absolute atomic E-state index is 0.00958. The van der Waals surface area contributed by atoms with Crippen LogP contribution in [0.3, 0.4) is 0 Å². The number of ether oxygens (including phenoxy) is 1. The third-order valence-electron chi connectivity index (χ3n) is 4.64. The number of carbonyl (C=O) groups is 1. The number of nitrogens with one attached hydrogen (secondary N) is 1. The van der Waals surface area contributed by atoms with Crippen molar-refractivity contribution in [1.29, 1.82) is 0 Å². The van der Waals surface area contributed by atoms with E-state index in [1.165, 1.54) is 11.1 Å². The molecule has 0 radical (unpaired) electrons. The van der Waals surface area contributed by atoms with Crippen LogP contribution in [0.1, 0.15) is 36.9 Å². The van der Waals surface area contributed by atoms with Crippen molar-refractivity contribution in [2.24, 2.45) is 0 Å². The molecule has 2 atom stereocenters. The predicted octanol–water partition coefficient (Wildman–Crippen LogP) is 1.86. The van der Waals surface area contributed by atoms with Crippen LogP contribution >= 0.6 is 0 Å². The lowest BCUT2D eigenvalue weighted by Gasteiger charge is -2.34. The first-order valence-electron chi connectivity index (χ1n) is 8.12. The van der Waals surface area contributed by atoms with Crippen molar-refractivity contribution in [3.8, 4) is 0 Å². The maximum atomic E-state index is 11.7. The fourth-order valence-electron chi connectivity index (χ4n) is 3.47. The van der Waals surface area contributed by atoms with Gasteiger partial charge in [-0.2, -0.15) is 0 Å². The summed E-state index contributed by atoms with van der Waals surface area (Å²) in [5.74, 6) is 0. The van der Waals surface area contributed by atoms with E-state index in [1.54, 1.807) is 4.90 Å². The van der Waals surface area contributed by atoms with E-state index in [-0.39, 0.29) is 18.2 Å². The molecule has 2 N–H and O–H groups in total. The highest BCUT2D eigenvalue weighted by atomic mass is 16.6. The second kappa shape index (κ2) is 6.67. The molecule has 1 heterocycles. The summed E-state index contributed by atoms with van der Waals surface area (Å²) in [4.78, 5) is 13.5. The minimum Gasteiger partial charge on any atom is -0.450 e. The molecule has 120 valence electrons. The second-order valence-electron chi connectivity index (χ2n) is 6.07. The Morgan fingerprint density at radius 3 is 2.82 bits per heavy atom. The van der Waals surface area contributed by atoms with Crippen LogP contribution in [0.15, 0.2) is 24.3 Å². The largest absolute Gasteiger partial charge is 0.450 e. The number of aliphatic hydroxyl groups excluding tert-OH is 1. The standard InChI is InChI=1S/C17H24N2O3/c1-2-22-17(21)19-9-7-13(8-10-19)18-16-14-6-4-3-5-12(14)11-15(16)20/h3-6,13,15-16,18,20H,2,7-11H2,1H3. The summed E-state index contributed by atoms with van der Waals surface area (Å²) in [6.07, 6.45) is 1.93. The highest BCUT2D eigenvalue weighted by Crippen LogP contribution is 2.32. The number of nitrogens with zero attached hydrogens (tertiary/aromatic N) is 1. The summed E-state index contributed by atoms with van der Waals surface area (Å²) in [6, 6.07) is 8.56. The molecule has 5 nitrogen and oxygen atoms in total. The molecule has 1 aliphatic carbocycles. The lowest BCUT2D eigenvalue weighted by molar-refractivity contribution is 0.0879. The number of piperidine rings is 1. The molecule has 1 aliphatic heterocycles. The smallest absolute Gasteiger partial charge is 0.409 e. The fraction of sp³-hybridized carbons (Fsp3) is 0.588. The van der Waals surface area contributed by atoms with E-state index < -0.39 is 0 Å². The van der Waals surface area contributed by atoms with E-state index in [4.69, 9.17) is 4.74 Å². The van der Waals surface area contributed by atoms with Crippen LogP contribution in [0, 0.1) is 0 Å². The van der Waals surface area contributed by atoms with Crippen molar-refractivity contribution in [1.82, 2.24) is 10.2 Å². The normalized spacial score (nSPS) is 25.1. The van der Waals surface area contributed by atoms with Crippen LogP contribution in [0.2, 0.25) is 0 Å². The number of hydrogen-bond acceptors (Lipinski definition) is 4. The third-order valence-corrected chi connectivity index (χ3v) is 4.64. The van der Waals surface area contributed by atoms with Gasteiger partial charge in [-0.1, -0.05) is 24.3 Å². The number of carbonyl (C=O) groups excluding carboxylic acids is 1. The van der Waals surface area contributed by atoms with Crippen molar-refractivity contribution >= 4 is 6.09 Å². The van der Waals surface area contributed by atoms with Gasteiger partial charge in [-0.05, 0) is 30.9 Å². The van der Waals surface area contributed by atoms with E-state index in [0.29, 0.717) is 25.7 Å². The summed E-state index contributed by atoms with van der Waals surface area (Å²) >= 11 is 0. The van der Waals surface area contributed by atoms with Gasteiger partial charge >= 0.3 is 6.09 Å². The van der Waals surface area contributed by atoms with Crippen LogP contribution < -0.4 is 5.32 Å². The Kier molecular flexibility index (Phi) is 4.64. The van der Waals surface area contributed by atoms with Gasteiger partial charge in [0.05, 0.1) is 18.8 Å². The monoisotopic (exact) mass is 304 g/mol. The zero-order valence-electron chi connectivity index (χ0n) is 13.0. The predicted molar refractivity (Wildman–Crippen MR) is 83.6 cm³/mol. The zero-order valence-corrected chi connectivity index (χ0v) is 13.0. The van der Waals surface area contributed by atoms with E-state index >= 15 is 0 Å². The summed E-state index contributed by atoms with van der Waals surface area (Å²) in [6.45, 7) is 3.66. The number of rotatable bonds is 3. The van der Waals surface area contributed by atoms with E-state index in [9.17, 15) is 9.90 Å². The molecule has 0 aromatic heterocycles. The summed E-state index contributed by atoms with van der Waals surface area (Å²) in [5, 5.41) is 13.9. The molecule has 0 bridgehead atoms. The summed E-state index contributed by atoms with van der Waals surface area (Å²) < 4.78 is 5.04. The van der Waals surface area contributed by atoms with E-state index in [0.717, 1.165) is 19.3 Å². The van der Waals surface area contributed by atoms with Gasteiger partial charge in [0.2, 0.25) is 0 Å². The summed E-state index contributed by atoms with van der Waals surface area (Å²) in [5.41, 5.74) is 2.44. The Labute approximate surface area is 131 Å². The molecule has 1 aromatic rings. The van der Waals surface area contributed by atoms with Crippen LogP contribution in [0.4, 0.5) is 4.79 Å². The van der Waals surface area contributed by atoms with Gasteiger partial charge in [0, 0.05) is 25.6 Å². The minimum atomic E-state index is -0.361. The van der Waals surface area contributed by atoms with E-state index in [1.807, 2.05) is 19.1 Å². The molecule has 0 spiro atoms. The van der Waals surface area contributed by atoms with Crippen LogP contribution in [0.25, 0.3) is 0 Å². The molecule has 1 fully saturated rings. The highest BCUT2D eigenvalue weighted by molar-refractivity contribution is 5.67. The molecule has 1 amide bonds. The molecule has 3 rings (SSSR count). The molecule has 2 aliphatic rings. The molecule has 22 heavy (non-hydrogen) atoms. The van der Waals surface area contributed by atoms with Crippen molar-refractivity contribution in [2.75, 3.05) is 19.7 Å². The fourth-order valence-corrected chi connectivity index (χ4v) is 3.47. The topological polar surface area (TPSA) is 61.8 Å². The lowest BCUT2D eigenvalue weighted by Crippen LogP contribution is -2.47. The molecule has 1 aromatic carbocycles. The molecule has 2 unspecified atom stereocenters. The van der Waals surface area contributed by atoms with Crippen LogP contribution in [0.5, 0.6) is 0 Å². The second-order valence-corrected chi connectivity index (χ2v) is 6.07. The number of fused-ring (bicyclic) bond motifs is 1.